The van der Waals surface area contributed by atoms with Crippen LogP contribution in [0.5, 0.6) is 0 Å². The van der Waals surface area contributed by atoms with Crippen LogP contribution in [-0.2, 0) is 0 Å². The van der Waals surface area contributed by atoms with Crippen LogP contribution in [-0.4, -0.2) is 42.2 Å². The molecule has 0 saturated carbocycles. The fourth-order valence-electron chi connectivity index (χ4n) is 2.17. The summed E-state index contributed by atoms with van der Waals surface area (Å²) in [6.45, 7) is 5.64. The Morgan fingerprint density at radius 1 is 1.22 bits per heavy atom. The number of hydrogen-bond donors (Lipinski definition) is 1. The van der Waals surface area contributed by atoms with Crippen LogP contribution in [0, 0.1) is 10.1 Å². The van der Waals surface area contributed by atoms with E-state index in [1.54, 1.807) is 24.3 Å². The first-order valence-electron chi connectivity index (χ1n) is 6.07. The molecule has 2 N–H and O–H groups in total. The number of nitrogens with zero attached hydrogens (tertiary/aromatic N) is 3. The summed E-state index contributed by atoms with van der Waals surface area (Å²) in [4.78, 5) is 14.6. The van der Waals surface area contributed by atoms with E-state index in [9.17, 15) is 10.1 Å². The fourth-order valence-corrected chi connectivity index (χ4v) is 2.17. The molecule has 1 fully saturated rings. The molecule has 0 radical (unpaired) electrons. The summed E-state index contributed by atoms with van der Waals surface area (Å²) in [6, 6.07) is 6.71. The Bertz CT molecular complexity index is 411. The van der Waals surface area contributed by atoms with Crippen molar-refractivity contribution in [3.63, 3.8) is 0 Å². The SMILES string of the molecule is CC(N)N1CCN(c2ccc([N+](=O)[O-])cc2)CC1. The molecule has 98 valence electrons. The molecule has 0 aromatic heterocycles. The largest absolute Gasteiger partial charge is 0.369 e. The summed E-state index contributed by atoms with van der Waals surface area (Å²) < 4.78 is 0. The van der Waals surface area contributed by atoms with Crippen molar-refractivity contribution in [3.05, 3.63) is 34.4 Å². The normalized spacial score (nSPS) is 18.7. The molecule has 18 heavy (non-hydrogen) atoms. The van der Waals surface area contributed by atoms with Crippen LogP contribution in [0.3, 0.4) is 0 Å². The van der Waals surface area contributed by atoms with Crippen molar-refractivity contribution in [1.29, 1.82) is 0 Å². The van der Waals surface area contributed by atoms with Crippen molar-refractivity contribution in [2.45, 2.75) is 13.1 Å². The van der Waals surface area contributed by atoms with Gasteiger partial charge in [0.2, 0.25) is 0 Å². The van der Waals surface area contributed by atoms with Crippen LogP contribution in [0.4, 0.5) is 11.4 Å². The Kier molecular flexibility index (Phi) is 3.78. The maximum Gasteiger partial charge on any atom is 0.269 e. The second-order valence-corrected chi connectivity index (χ2v) is 4.54. The molecule has 1 aliphatic heterocycles. The molecule has 1 saturated heterocycles. The second kappa shape index (κ2) is 5.32. The molecule has 1 aliphatic rings. The summed E-state index contributed by atoms with van der Waals surface area (Å²) >= 11 is 0. The van der Waals surface area contributed by atoms with E-state index < -0.39 is 0 Å². The standard InChI is InChI=1S/C12H18N4O2/c1-10(13)14-6-8-15(9-7-14)11-2-4-12(5-3-11)16(17)18/h2-5,10H,6-9,13H2,1H3. The molecular formula is C12H18N4O2. The number of non-ortho nitro benzene ring substituents is 1. The lowest BCUT2D eigenvalue weighted by Crippen LogP contribution is -2.52. The van der Waals surface area contributed by atoms with Crippen molar-refractivity contribution >= 4 is 11.4 Å². The molecule has 1 heterocycles. The molecule has 1 aromatic rings. The zero-order valence-electron chi connectivity index (χ0n) is 10.5. The average molecular weight is 250 g/mol. The van der Waals surface area contributed by atoms with E-state index in [-0.39, 0.29) is 16.8 Å². The summed E-state index contributed by atoms with van der Waals surface area (Å²) in [6.07, 6.45) is 0.0870. The molecule has 0 bridgehead atoms. The van der Waals surface area contributed by atoms with Crippen LogP contribution in [0.1, 0.15) is 6.92 Å². The molecule has 1 atom stereocenters. The lowest BCUT2D eigenvalue weighted by molar-refractivity contribution is -0.384. The van der Waals surface area contributed by atoms with E-state index in [1.165, 1.54) is 0 Å². The molecular weight excluding hydrogens is 232 g/mol. The van der Waals surface area contributed by atoms with Gasteiger partial charge in [0.1, 0.15) is 0 Å². The third kappa shape index (κ3) is 2.77. The molecule has 0 aliphatic carbocycles. The summed E-state index contributed by atoms with van der Waals surface area (Å²) in [7, 11) is 0. The van der Waals surface area contributed by atoms with Crippen molar-refractivity contribution in [2.24, 2.45) is 5.73 Å². The first kappa shape index (κ1) is 12.8. The summed E-state index contributed by atoms with van der Waals surface area (Å²) in [5, 5.41) is 10.6. The number of rotatable bonds is 3. The quantitative estimate of drug-likeness (QED) is 0.640. The van der Waals surface area contributed by atoms with Gasteiger partial charge >= 0.3 is 0 Å². The van der Waals surface area contributed by atoms with E-state index in [4.69, 9.17) is 5.73 Å². The number of nitro groups is 1. The van der Waals surface area contributed by atoms with Crippen LogP contribution in [0.2, 0.25) is 0 Å². The highest BCUT2D eigenvalue weighted by Crippen LogP contribution is 2.20. The molecule has 0 spiro atoms. The van der Waals surface area contributed by atoms with Gasteiger partial charge < -0.3 is 10.6 Å². The summed E-state index contributed by atoms with van der Waals surface area (Å²) in [5.41, 5.74) is 7.00. The summed E-state index contributed by atoms with van der Waals surface area (Å²) in [5.74, 6) is 0. The predicted molar refractivity (Wildman–Crippen MR) is 70.5 cm³/mol. The molecule has 0 amide bonds. The van der Waals surface area contributed by atoms with Gasteiger partial charge in [-0.15, -0.1) is 0 Å². The maximum absolute atomic E-state index is 10.6. The van der Waals surface area contributed by atoms with Gasteiger partial charge in [-0.3, -0.25) is 15.0 Å². The van der Waals surface area contributed by atoms with Crippen LogP contribution in [0.15, 0.2) is 24.3 Å². The van der Waals surface area contributed by atoms with E-state index in [0.29, 0.717) is 0 Å². The van der Waals surface area contributed by atoms with Gasteiger partial charge in [0, 0.05) is 44.0 Å². The first-order valence-corrected chi connectivity index (χ1v) is 6.07. The zero-order chi connectivity index (χ0) is 13.1. The van der Waals surface area contributed by atoms with Gasteiger partial charge in [0.25, 0.3) is 5.69 Å². The Hall–Kier alpha value is -1.66. The number of nitro benzene ring substituents is 1. The lowest BCUT2D eigenvalue weighted by atomic mass is 10.2. The van der Waals surface area contributed by atoms with Crippen LogP contribution in [0.25, 0.3) is 0 Å². The smallest absolute Gasteiger partial charge is 0.269 e. The van der Waals surface area contributed by atoms with Gasteiger partial charge in [0.05, 0.1) is 11.1 Å². The highest BCUT2D eigenvalue weighted by Gasteiger charge is 2.19. The number of benzene rings is 1. The van der Waals surface area contributed by atoms with E-state index in [0.717, 1.165) is 31.9 Å². The lowest BCUT2D eigenvalue weighted by Gasteiger charge is -2.37. The highest BCUT2D eigenvalue weighted by molar-refractivity contribution is 5.51. The first-order chi connectivity index (χ1) is 8.58. The molecule has 6 heteroatoms. The fraction of sp³-hybridized carbons (Fsp3) is 0.500. The Balaban J connectivity index is 1.99. The Morgan fingerprint density at radius 3 is 2.22 bits per heavy atom. The van der Waals surface area contributed by atoms with Gasteiger partial charge in [-0.05, 0) is 19.1 Å². The van der Waals surface area contributed by atoms with Gasteiger partial charge in [-0.2, -0.15) is 0 Å². The van der Waals surface area contributed by atoms with Crippen LogP contribution < -0.4 is 10.6 Å². The minimum absolute atomic E-state index is 0.0870. The monoisotopic (exact) mass is 250 g/mol. The zero-order valence-corrected chi connectivity index (χ0v) is 10.5. The van der Waals surface area contributed by atoms with Gasteiger partial charge in [-0.1, -0.05) is 0 Å². The predicted octanol–water partition coefficient (Wildman–Crippen LogP) is 1.02. The Labute approximate surface area is 106 Å². The highest BCUT2D eigenvalue weighted by atomic mass is 16.6. The molecule has 1 unspecified atom stereocenters. The van der Waals surface area contributed by atoms with Crippen molar-refractivity contribution in [3.8, 4) is 0 Å². The third-order valence-electron chi connectivity index (χ3n) is 3.32. The number of piperazine rings is 1. The minimum Gasteiger partial charge on any atom is -0.369 e. The van der Waals surface area contributed by atoms with Crippen molar-refractivity contribution in [2.75, 3.05) is 31.1 Å². The van der Waals surface area contributed by atoms with Gasteiger partial charge in [-0.25, -0.2) is 0 Å². The average Bonchev–Trinajstić information content (AvgIpc) is 2.39. The number of nitrogens with two attached hydrogens (primary N) is 1. The Morgan fingerprint density at radius 2 is 1.78 bits per heavy atom. The second-order valence-electron chi connectivity index (χ2n) is 4.54. The van der Waals surface area contributed by atoms with Crippen LogP contribution >= 0.6 is 0 Å². The minimum atomic E-state index is -0.377. The van der Waals surface area contributed by atoms with E-state index in [2.05, 4.69) is 9.80 Å². The molecule has 6 nitrogen and oxygen atoms in total. The number of hydrogen-bond acceptors (Lipinski definition) is 5. The molecule has 2 rings (SSSR count). The maximum atomic E-state index is 10.6. The third-order valence-corrected chi connectivity index (χ3v) is 3.32. The number of anilines is 1. The van der Waals surface area contributed by atoms with Crippen molar-refractivity contribution < 1.29 is 4.92 Å². The van der Waals surface area contributed by atoms with E-state index >= 15 is 0 Å². The topological polar surface area (TPSA) is 75.6 Å². The van der Waals surface area contributed by atoms with E-state index in [1.807, 2.05) is 6.92 Å². The van der Waals surface area contributed by atoms with Crippen molar-refractivity contribution in [1.82, 2.24) is 4.90 Å². The van der Waals surface area contributed by atoms with Gasteiger partial charge in [0.15, 0.2) is 0 Å². The molecule has 1 aromatic carbocycles.